The Labute approximate surface area is 88.9 Å². The van der Waals surface area contributed by atoms with Gasteiger partial charge in [-0.2, -0.15) is 0 Å². The van der Waals surface area contributed by atoms with Gasteiger partial charge in [-0.3, -0.25) is 0 Å². The predicted octanol–water partition coefficient (Wildman–Crippen LogP) is 2.44. The van der Waals surface area contributed by atoms with Crippen LogP contribution in [0.15, 0.2) is 18.6 Å². The molecule has 0 saturated heterocycles. The molecule has 0 unspecified atom stereocenters. The van der Waals surface area contributed by atoms with Crippen molar-refractivity contribution in [3.63, 3.8) is 0 Å². The summed E-state index contributed by atoms with van der Waals surface area (Å²) in [5.74, 6) is 1.53. The summed E-state index contributed by atoms with van der Waals surface area (Å²) in [4.78, 5) is 8.04. The summed E-state index contributed by atoms with van der Waals surface area (Å²) in [5.41, 5.74) is 0.0654. The Bertz CT molecular complexity index is 283. The maximum atomic E-state index is 6.01. The molecule has 1 aromatic heterocycles. The lowest BCUT2D eigenvalue weighted by atomic mass is 10.0. The maximum Gasteiger partial charge on any atom is 0.129 e. The Kier molecular flexibility index (Phi) is 2.87. The van der Waals surface area contributed by atoms with E-state index in [9.17, 15) is 0 Å². The first-order valence-corrected chi connectivity index (χ1v) is 5.48. The number of nitrogens with one attached hydrogen (secondary N) is 1. The molecule has 1 N–H and O–H groups in total. The second-order valence-electron chi connectivity index (χ2n) is 3.84. The SMILES string of the molecule is ClCC1(Nc2ccncn2)CCCC1. The van der Waals surface area contributed by atoms with Crippen LogP contribution in [0.1, 0.15) is 25.7 Å². The largest absolute Gasteiger partial charge is 0.363 e. The van der Waals surface area contributed by atoms with E-state index in [1.807, 2.05) is 6.07 Å². The van der Waals surface area contributed by atoms with Gasteiger partial charge in [-0.15, -0.1) is 11.6 Å². The topological polar surface area (TPSA) is 37.8 Å². The third kappa shape index (κ3) is 1.98. The van der Waals surface area contributed by atoms with Gasteiger partial charge >= 0.3 is 0 Å². The molecule has 0 radical (unpaired) electrons. The zero-order valence-electron chi connectivity index (χ0n) is 8.04. The van der Waals surface area contributed by atoms with Gasteiger partial charge in [0.25, 0.3) is 0 Å². The van der Waals surface area contributed by atoms with Crippen molar-refractivity contribution in [1.82, 2.24) is 9.97 Å². The van der Waals surface area contributed by atoms with Crippen LogP contribution in [-0.2, 0) is 0 Å². The van der Waals surface area contributed by atoms with Crippen LogP contribution in [0, 0.1) is 0 Å². The van der Waals surface area contributed by atoms with E-state index in [2.05, 4.69) is 15.3 Å². The highest BCUT2D eigenvalue weighted by molar-refractivity contribution is 6.18. The number of alkyl halides is 1. The summed E-state index contributed by atoms with van der Waals surface area (Å²) in [7, 11) is 0. The van der Waals surface area contributed by atoms with Gasteiger partial charge in [-0.25, -0.2) is 9.97 Å². The molecule has 1 fully saturated rings. The zero-order valence-corrected chi connectivity index (χ0v) is 8.80. The van der Waals surface area contributed by atoms with Crippen LogP contribution in [0.5, 0.6) is 0 Å². The van der Waals surface area contributed by atoms with Gasteiger partial charge in [-0.1, -0.05) is 12.8 Å². The van der Waals surface area contributed by atoms with Crippen molar-refractivity contribution >= 4 is 17.4 Å². The van der Waals surface area contributed by atoms with E-state index in [0.717, 1.165) is 18.7 Å². The molecule has 0 spiro atoms. The fourth-order valence-electron chi connectivity index (χ4n) is 1.98. The molecule has 0 aromatic carbocycles. The number of aromatic nitrogens is 2. The van der Waals surface area contributed by atoms with Gasteiger partial charge in [-0.05, 0) is 18.9 Å². The third-order valence-corrected chi connectivity index (χ3v) is 3.30. The molecule has 14 heavy (non-hydrogen) atoms. The molecule has 0 bridgehead atoms. The summed E-state index contributed by atoms with van der Waals surface area (Å²) in [6.45, 7) is 0. The normalized spacial score (nSPS) is 19.5. The number of nitrogens with zero attached hydrogens (tertiary/aromatic N) is 2. The molecule has 1 aliphatic carbocycles. The maximum absolute atomic E-state index is 6.01. The molecule has 76 valence electrons. The molecular formula is C10H14ClN3. The Morgan fingerprint density at radius 2 is 2.21 bits per heavy atom. The summed E-state index contributed by atoms with van der Waals surface area (Å²) in [6.07, 6.45) is 8.09. The minimum absolute atomic E-state index is 0.0654. The summed E-state index contributed by atoms with van der Waals surface area (Å²) in [5, 5.41) is 3.42. The van der Waals surface area contributed by atoms with Crippen LogP contribution in [-0.4, -0.2) is 21.4 Å². The average Bonchev–Trinajstić information content (AvgIpc) is 2.69. The lowest BCUT2D eigenvalue weighted by molar-refractivity contribution is 0.537. The van der Waals surface area contributed by atoms with Gasteiger partial charge < -0.3 is 5.32 Å². The van der Waals surface area contributed by atoms with Crippen molar-refractivity contribution in [1.29, 1.82) is 0 Å². The molecule has 0 atom stereocenters. The molecule has 1 saturated carbocycles. The highest BCUT2D eigenvalue weighted by Gasteiger charge is 2.32. The van der Waals surface area contributed by atoms with Crippen LogP contribution < -0.4 is 5.32 Å². The number of halogens is 1. The van der Waals surface area contributed by atoms with Crippen molar-refractivity contribution in [2.24, 2.45) is 0 Å². The van der Waals surface area contributed by atoms with Crippen LogP contribution in [0.4, 0.5) is 5.82 Å². The molecule has 1 heterocycles. The molecule has 1 aliphatic rings. The molecule has 4 heteroatoms. The van der Waals surface area contributed by atoms with E-state index in [4.69, 9.17) is 11.6 Å². The summed E-state index contributed by atoms with van der Waals surface area (Å²) < 4.78 is 0. The van der Waals surface area contributed by atoms with Gasteiger partial charge in [0.15, 0.2) is 0 Å². The van der Waals surface area contributed by atoms with E-state index < -0.39 is 0 Å². The van der Waals surface area contributed by atoms with Crippen LogP contribution in [0.2, 0.25) is 0 Å². The Hall–Kier alpha value is -0.830. The predicted molar refractivity (Wildman–Crippen MR) is 57.6 cm³/mol. The van der Waals surface area contributed by atoms with E-state index in [-0.39, 0.29) is 5.54 Å². The first-order chi connectivity index (χ1) is 6.85. The van der Waals surface area contributed by atoms with Crippen molar-refractivity contribution in [2.75, 3.05) is 11.2 Å². The quantitative estimate of drug-likeness (QED) is 0.781. The molecule has 0 aliphatic heterocycles. The summed E-state index contributed by atoms with van der Waals surface area (Å²) in [6, 6.07) is 1.88. The molecule has 3 nitrogen and oxygen atoms in total. The van der Waals surface area contributed by atoms with E-state index >= 15 is 0 Å². The Morgan fingerprint density at radius 3 is 2.79 bits per heavy atom. The van der Waals surface area contributed by atoms with Crippen molar-refractivity contribution < 1.29 is 0 Å². The van der Waals surface area contributed by atoms with Gasteiger partial charge in [0.2, 0.25) is 0 Å². The molecule has 0 amide bonds. The Morgan fingerprint density at radius 1 is 1.43 bits per heavy atom. The van der Waals surface area contributed by atoms with Gasteiger partial charge in [0.1, 0.15) is 12.1 Å². The first kappa shape index (κ1) is 9.71. The van der Waals surface area contributed by atoms with Crippen molar-refractivity contribution in [3.8, 4) is 0 Å². The average molecular weight is 212 g/mol. The van der Waals surface area contributed by atoms with Gasteiger partial charge in [0, 0.05) is 12.1 Å². The van der Waals surface area contributed by atoms with E-state index in [0.29, 0.717) is 5.88 Å². The van der Waals surface area contributed by atoms with Crippen LogP contribution in [0.25, 0.3) is 0 Å². The minimum atomic E-state index is 0.0654. The minimum Gasteiger partial charge on any atom is -0.363 e. The second kappa shape index (κ2) is 4.13. The zero-order chi connectivity index (χ0) is 9.86. The first-order valence-electron chi connectivity index (χ1n) is 4.95. The van der Waals surface area contributed by atoms with Crippen molar-refractivity contribution in [2.45, 2.75) is 31.2 Å². The molecule has 1 aromatic rings. The highest BCUT2D eigenvalue weighted by Crippen LogP contribution is 2.33. The number of anilines is 1. The lowest BCUT2D eigenvalue weighted by Crippen LogP contribution is -2.37. The lowest BCUT2D eigenvalue weighted by Gasteiger charge is -2.28. The van der Waals surface area contributed by atoms with Crippen LogP contribution in [0.3, 0.4) is 0 Å². The monoisotopic (exact) mass is 211 g/mol. The number of hydrogen-bond acceptors (Lipinski definition) is 3. The van der Waals surface area contributed by atoms with Crippen molar-refractivity contribution in [3.05, 3.63) is 18.6 Å². The number of hydrogen-bond donors (Lipinski definition) is 1. The second-order valence-corrected chi connectivity index (χ2v) is 4.11. The summed E-state index contributed by atoms with van der Waals surface area (Å²) >= 11 is 6.01. The van der Waals surface area contributed by atoms with E-state index in [1.54, 1.807) is 12.5 Å². The fraction of sp³-hybridized carbons (Fsp3) is 0.600. The van der Waals surface area contributed by atoms with Crippen LogP contribution >= 0.6 is 11.6 Å². The third-order valence-electron chi connectivity index (χ3n) is 2.79. The van der Waals surface area contributed by atoms with E-state index in [1.165, 1.54) is 12.8 Å². The molecular weight excluding hydrogens is 198 g/mol. The standard InChI is InChI=1S/C10H14ClN3/c11-7-10(4-1-2-5-10)14-9-3-6-12-8-13-9/h3,6,8H,1-2,4-5,7H2,(H,12,13,14). The Balaban J connectivity index is 2.08. The molecule has 2 rings (SSSR count). The highest BCUT2D eigenvalue weighted by atomic mass is 35.5. The smallest absolute Gasteiger partial charge is 0.129 e. The fourth-order valence-corrected chi connectivity index (χ4v) is 2.31. The number of rotatable bonds is 3. The van der Waals surface area contributed by atoms with Gasteiger partial charge in [0.05, 0.1) is 5.54 Å².